The number of aryl methyl sites for hydroxylation is 3. The van der Waals surface area contributed by atoms with Crippen LogP contribution in [0.5, 0.6) is 0 Å². The summed E-state index contributed by atoms with van der Waals surface area (Å²) in [6.07, 6.45) is 0.211. The molecular formula is C20H21ClN2O2. The van der Waals surface area contributed by atoms with Gasteiger partial charge in [0.25, 0.3) is 0 Å². The van der Waals surface area contributed by atoms with E-state index in [1.807, 2.05) is 51.1 Å². The summed E-state index contributed by atoms with van der Waals surface area (Å²) in [6, 6.07) is 11.4. The zero-order chi connectivity index (χ0) is 18.1. The third-order valence-electron chi connectivity index (χ3n) is 4.60. The van der Waals surface area contributed by atoms with Crippen molar-refractivity contribution < 1.29 is 9.59 Å². The van der Waals surface area contributed by atoms with Crippen LogP contribution >= 0.6 is 11.6 Å². The summed E-state index contributed by atoms with van der Waals surface area (Å²) in [5.41, 5.74) is 4.65. The Labute approximate surface area is 152 Å². The molecule has 25 heavy (non-hydrogen) atoms. The molecule has 1 fully saturated rings. The molecule has 0 aliphatic carbocycles. The molecule has 1 atom stereocenters. The quantitative estimate of drug-likeness (QED) is 0.893. The van der Waals surface area contributed by atoms with Gasteiger partial charge < -0.3 is 10.2 Å². The molecular weight excluding hydrogens is 336 g/mol. The lowest BCUT2D eigenvalue weighted by Crippen LogP contribution is -2.28. The standard InChI is InChI=1S/C20H21ClN2O2/c1-12-4-7-18(14(3)8-12)22-20(25)15-9-19(24)23(11-15)16-6-5-13(2)17(21)10-16/h4-8,10,15H,9,11H2,1-3H3,(H,22,25)/t15-/m1/s1. The molecule has 0 saturated carbocycles. The van der Waals surface area contributed by atoms with Crippen molar-refractivity contribution >= 4 is 34.8 Å². The van der Waals surface area contributed by atoms with E-state index in [0.717, 1.165) is 28.1 Å². The van der Waals surface area contributed by atoms with E-state index in [0.29, 0.717) is 11.6 Å². The number of benzene rings is 2. The monoisotopic (exact) mass is 356 g/mol. The minimum atomic E-state index is -0.367. The summed E-state index contributed by atoms with van der Waals surface area (Å²) in [6.45, 7) is 6.26. The Kier molecular flexibility index (Phi) is 4.82. The maximum Gasteiger partial charge on any atom is 0.229 e. The molecule has 130 valence electrons. The second-order valence-electron chi connectivity index (χ2n) is 6.65. The largest absolute Gasteiger partial charge is 0.326 e. The molecule has 1 heterocycles. The van der Waals surface area contributed by atoms with Crippen LogP contribution in [0.4, 0.5) is 11.4 Å². The highest BCUT2D eigenvalue weighted by atomic mass is 35.5. The third-order valence-corrected chi connectivity index (χ3v) is 5.01. The van der Waals surface area contributed by atoms with Crippen LogP contribution in [0, 0.1) is 26.7 Å². The zero-order valence-corrected chi connectivity index (χ0v) is 15.4. The van der Waals surface area contributed by atoms with Gasteiger partial charge in [-0.3, -0.25) is 9.59 Å². The topological polar surface area (TPSA) is 49.4 Å². The molecule has 0 radical (unpaired) electrons. The molecule has 1 aliphatic heterocycles. The molecule has 1 N–H and O–H groups in total. The molecule has 2 aromatic rings. The number of amides is 2. The maximum absolute atomic E-state index is 12.6. The van der Waals surface area contributed by atoms with Crippen molar-refractivity contribution in [3.05, 3.63) is 58.1 Å². The molecule has 1 saturated heterocycles. The van der Waals surface area contributed by atoms with Gasteiger partial charge in [0.2, 0.25) is 11.8 Å². The number of hydrogen-bond donors (Lipinski definition) is 1. The van der Waals surface area contributed by atoms with Crippen LogP contribution in [0.15, 0.2) is 36.4 Å². The van der Waals surface area contributed by atoms with Crippen LogP contribution in [0.3, 0.4) is 0 Å². The molecule has 2 aromatic carbocycles. The van der Waals surface area contributed by atoms with Gasteiger partial charge in [-0.1, -0.05) is 35.4 Å². The van der Waals surface area contributed by atoms with Gasteiger partial charge in [0.15, 0.2) is 0 Å². The Morgan fingerprint density at radius 3 is 2.56 bits per heavy atom. The van der Waals surface area contributed by atoms with Crippen molar-refractivity contribution in [1.29, 1.82) is 0 Å². The highest BCUT2D eigenvalue weighted by Gasteiger charge is 2.35. The number of halogens is 1. The predicted molar refractivity (Wildman–Crippen MR) is 101 cm³/mol. The van der Waals surface area contributed by atoms with E-state index in [9.17, 15) is 9.59 Å². The molecule has 0 unspecified atom stereocenters. The van der Waals surface area contributed by atoms with Gasteiger partial charge >= 0.3 is 0 Å². The van der Waals surface area contributed by atoms with E-state index in [1.165, 1.54) is 0 Å². The van der Waals surface area contributed by atoms with Crippen molar-refractivity contribution in [1.82, 2.24) is 0 Å². The van der Waals surface area contributed by atoms with Crippen LogP contribution in [-0.4, -0.2) is 18.4 Å². The van der Waals surface area contributed by atoms with Crippen LogP contribution in [0.25, 0.3) is 0 Å². The smallest absolute Gasteiger partial charge is 0.229 e. The first-order chi connectivity index (χ1) is 11.8. The fraction of sp³-hybridized carbons (Fsp3) is 0.300. The van der Waals surface area contributed by atoms with E-state index < -0.39 is 0 Å². The van der Waals surface area contributed by atoms with E-state index in [-0.39, 0.29) is 24.2 Å². The SMILES string of the molecule is Cc1ccc(NC(=O)[C@@H]2CC(=O)N(c3ccc(C)c(Cl)c3)C2)c(C)c1. The number of nitrogens with one attached hydrogen (secondary N) is 1. The number of anilines is 2. The van der Waals surface area contributed by atoms with E-state index >= 15 is 0 Å². The Morgan fingerprint density at radius 2 is 1.88 bits per heavy atom. The molecule has 2 amide bonds. The summed E-state index contributed by atoms with van der Waals surface area (Å²) in [5.74, 6) is -0.546. The first-order valence-corrected chi connectivity index (χ1v) is 8.67. The van der Waals surface area contributed by atoms with Gasteiger partial charge in [0.05, 0.1) is 5.92 Å². The second-order valence-corrected chi connectivity index (χ2v) is 7.05. The maximum atomic E-state index is 12.6. The van der Waals surface area contributed by atoms with Gasteiger partial charge in [0.1, 0.15) is 0 Å². The van der Waals surface area contributed by atoms with Crippen LogP contribution in [0.1, 0.15) is 23.1 Å². The van der Waals surface area contributed by atoms with E-state index in [1.54, 1.807) is 11.0 Å². The number of rotatable bonds is 3. The van der Waals surface area contributed by atoms with E-state index in [4.69, 9.17) is 11.6 Å². The first-order valence-electron chi connectivity index (χ1n) is 8.30. The summed E-state index contributed by atoms with van der Waals surface area (Å²) in [4.78, 5) is 26.6. The van der Waals surface area contributed by atoms with Gasteiger partial charge in [0, 0.05) is 29.4 Å². The fourth-order valence-corrected chi connectivity index (χ4v) is 3.25. The highest BCUT2D eigenvalue weighted by Crippen LogP contribution is 2.29. The third kappa shape index (κ3) is 3.69. The number of hydrogen-bond acceptors (Lipinski definition) is 2. The lowest BCUT2D eigenvalue weighted by atomic mass is 10.1. The minimum absolute atomic E-state index is 0.0549. The average molecular weight is 357 g/mol. The molecule has 0 spiro atoms. The lowest BCUT2D eigenvalue weighted by molar-refractivity contribution is -0.122. The number of carbonyl (C=O) groups excluding carboxylic acids is 2. The van der Waals surface area contributed by atoms with E-state index in [2.05, 4.69) is 5.32 Å². The Balaban J connectivity index is 1.73. The summed E-state index contributed by atoms with van der Waals surface area (Å²) in [5, 5.41) is 3.57. The molecule has 0 bridgehead atoms. The minimum Gasteiger partial charge on any atom is -0.326 e. The fourth-order valence-electron chi connectivity index (χ4n) is 3.07. The lowest BCUT2D eigenvalue weighted by Gasteiger charge is -2.18. The number of carbonyl (C=O) groups is 2. The summed E-state index contributed by atoms with van der Waals surface area (Å²) in [7, 11) is 0. The molecule has 3 rings (SSSR count). The Hall–Kier alpha value is -2.33. The molecule has 0 aromatic heterocycles. The molecule has 5 heteroatoms. The summed E-state index contributed by atoms with van der Waals surface area (Å²) >= 11 is 6.16. The Bertz CT molecular complexity index is 848. The van der Waals surface area contributed by atoms with Crippen molar-refractivity contribution in [3.8, 4) is 0 Å². The zero-order valence-electron chi connectivity index (χ0n) is 14.6. The van der Waals surface area contributed by atoms with Crippen LogP contribution < -0.4 is 10.2 Å². The predicted octanol–water partition coefficient (Wildman–Crippen LogP) is 4.26. The Morgan fingerprint density at radius 1 is 1.12 bits per heavy atom. The van der Waals surface area contributed by atoms with Crippen molar-refractivity contribution in [2.75, 3.05) is 16.8 Å². The van der Waals surface area contributed by atoms with Crippen molar-refractivity contribution in [3.63, 3.8) is 0 Å². The van der Waals surface area contributed by atoms with Gasteiger partial charge in [-0.05, 0) is 50.1 Å². The van der Waals surface area contributed by atoms with Crippen LogP contribution in [0.2, 0.25) is 5.02 Å². The molecule has 4 nitrogen and oxygen atoms in total. The first kappa shape index (κ1) is 17.5. The number of nitrogens with zero attached hydrogens (tertiary/aromatic N) is 1. The van der Waals surface area contributed by atoms with Crippen molar-refractivity contribution in [2.45, 2.75) is 27.2 Å². The second kappa shape index (κ2) is 6.89. The van der Waals surface area contributed by atoms with Gasteiger partial charge in [-0.2, -0.15) is 0 Å². The van der Waals surface area contributed by atoms with Gasteiger partial charge in [-0.25, -0.2) is 0 Å². The van der Waals surface area contributed by atoms with Crippen molar-refractivity contribution in [2.24, 2.45) is 5.92 Å². The molecule has 1 aliphatic rings. The summed E-state index contributed by atoms with van der Waals surface area (Å²) < 4.78 is 0. The highest BCUT2D eigenvalue weighted by molar-refractivity contribution is 6.31. The normalized spacial score (nSPS) is 17.0. The van der Waals surface area contributed by atoms with Gasteiger partial charge in [-0.15, -0.1) is 0 Å². The van der Waals surface area contributed by atoms with Crippen LogP contribution in [-0.2, 0) is 9.59 Å². The average Bonchev–Trinajstić information content (AvgIpc) is 2.95.